The van der Waals surface area contributed by atoms with Crippen molar-refractivity contribution in [1.29, 1.82) is 0 Å². The highest BCUT2D eigenvalue weighted by Gasteiger charge is 2.03. The summed E-state index contributed by atoms with van der Waals surface area (Å²) in [5.41, 5.74) is 1.20. The monoisotopic (exact) mass is 317 g/mol. The van der Waals surface area contributed by atoms with Crippen molar-refractivity contribution in [2.24, 2.45) is 5.14 Å². The van der Waals surface area contributed by atoms with Crippen LogP contribution >= 0.6 is 22.9 Å². The maximum atomic E-state index is 10.9. The van der Waals surface area contributed by atoms with E-state index in [4.69, 9.17) is 16.7 Å². The second-order valence-electron chi connectivity index (χ2n) is 3.79. The lowest BCUT2D eigenvalue weighted by Crippen LogP contribution is -2.21. The van der Waals surface area contributed by atoms with Crippen LogP contribution in [0.15, 0.2) is 36.4 Å². The number of anilines is 2. The first-order chi connectivity index (χ1) is 8.92. The Morgan fingerprint density at radius 2 is 1.95 bits per heavy atom. The molecule has 5 nitrogen and oxygen atoms in total. The molecule has 0 saturated carbocycles. The van der Waals surface area contributed by atoms with Crippen LogP contribution in [0.4, 0.5) is 11.4 Å². The maximum Gasteiger partial charge on any atom is 0.296 e. The Labute approximate surface area is 120 Å². The Hall–Kier alpha value is -1.28. The topological polar surface area (TPSA) is 84.2 Å². The molecule has 0 spiro atoms. The Balaban J connectivity index is 2.03. The molecule has 0 fully saturated rings. The van der Waals surface area contributed by atoms with Crippen LogP contribution in [0.1, 0.15) is 4.88 Å². The Morgan fingerprint density at radius 3 is 2.58 bits per heavy atom. The molecule has 102 valence electrons. The highest BCUT2D eigenvalue weighted by atomic mass is 35.5. The van der Waals surface area contributed by atoms with Crippen molar-refractivity contribution in [2.75, 3.05) is 10.0 Å². The molecule has 0 aliphatic heterocycles. The molecule has 1 aromatic heterocycles. The quantitative estimate of drug-likeness (QED) is 0.792. The number of nitrogens with one attached hydrogen (secondary N) is 2. The molecule has 1 aromatic carbocycles. The van der Waals surface area contributed by atoms with Crippen molar-refractivity contribution < 1.29 is 8.42 Å². The van der Waals surface area contributed by atoms with Gasteiger partial charge in [0.05, 0.1) is 10.0 Å². The molecule has 8 heteroatoms. The predicted molar refractivity (Wildman–Crippen MR) is 79.8 cm³/mol. The molecule has 0 bridgehead atoms. The van der Waals surface area contributed by atoms with Gasteiger partial charge >= 0.3 is 0 Å². The number of halogens is 1. The third kappa shape index (κ3) is 4.71. The van der Waals surface area contributed by atoms with Crippen molar-refractivity contribution >= 4 is 44.5 Å². The molecule has 19 heavy (non-hydrogen) atoms. The van der Waals surface area contributed by atoms with Gasteiger partial charge in [-0.15, -0.1) is 11.3 Å². The smallest absolute Gasteiger partial charge is 0.296 e. The van der Waals surface area contributed by atoms with E-state index in [1.807, 2.05) is 18.2 Å². The van der Waals surface area contributed by atoms with Crippen molar-refractivity contribution in [3.63, 3.8) is 0 Å². The maximum absolute atomic E-state index is 10.9. The molecule has 2 aromatic rings. The third-order valence-electron chi connectivity index (χ3n) is 2.22. The number of hydrogen-bond donors (Lipinski definition) is 3. The van der Waals surface area contributed by atoms with E-state index in [1.54, 1.807) is 18.2 Å². The van der Waals surface area contributed by atoms with Crippen LogP contribution in [-0.2, 0) is 16.8 Å². The predicted octanol–water partition coefficient (Wildman–Crippen LogP) is 2.63. The molecule has 0 aliphatic carbocycles. The lowest BCUT2D eigenvalue weighted by molar-refractivity contribution is 0.603. The van der Waals surface area contributed by atoms with E-state index < -0.39 is 10.2 Å². The average Bonchev–Trinajstić information content (AvgIpc) is 2.71. The summed E-state index contributed by atoms with van der Waals surface area (Å²) in [6.07, 6.45) is 0. The number of nitrogens with two attached hydrogens (primary N) is 1. The zero-order valence-electron chi connectivity index (χ0n) is 9.76. The summed E-state index contributed by atoms with van der Waals surface area (Å²) in [6, 6.07) is 10.6. The minimum Gasteiger partial charge on any atom is -0.380 e. The molecule has 0 radical (unpaired) electrons. The van der Waals surface area contributed by atoms with Gasteiger partial charge in [0.1, 0.15) is 0 Å². The van der Waals surface area contributed by atoms with Crippen LogP contribution in [0.25, 0.3) is 0 Å². The zero-order valence-corrected chi connectivity index (χ0v) is 12.1. The van der Waals surface area contributed by atoms with Crippen molar-refractivity contribution in [3.8, 4) is 0 Å². The molecule has 0 amide bonds. The Kier molecular flexibility index (Phi) is 4.31. The van der Waals surface area contributed by atoms with Crippen LogP contribution in [0, 0.1) is 0 Å². The summed E-state index contributed by atoms with van der Waals surface area (Å²) < 4.78 is 24.8. The van der Waals surface area contributed by atoms with Gasteiger partial charge in [-0.3, -0.25) is 4.72 Å². The Morgan fingerprint density at radius 1 is 1.21 bits per heavy atom. The summed E-state index contributed by atoms with van der Waals surface area (Å²) in [5.74, 6) is 0. The zero-order chi connectivity index (χ0) is 13.9. The minimum atomic E-state index is -3.75. The molecule has 4 N–H and O–H groups in total. The van der Waals surface area contributed by atoms with Gasteiger partial charge in [0.25, 0.3) is 10.2 Å². The molecule has 0 aliphatic rings. The van der Waals surface area contributed by atoms with Crippen molar-refractivity contribution in [3.05, 3.63) is 45.6 Å². The number of thiophene rings is 1. The Bertz CT molecular complexity index is 670. The summed E-state index contributed by atoms with van der Waals surface area (Å²) in [7, 11) is -3.75. The molecule has 0 saturated heterocycles. The van der Waals surface area contributed by atoms with E-state index in [0.717, 1.165) is 14.9 Å². The fourth-order valence-corrected chi connectivity index (χ4v) is 2.98. The van der Waals surface area contributed by atoms with Gasteiger partial charge in [-0.05, 0) is 30.3 Å². The molecule has 0 atom stereocenters. The van der Waals surface area contributed by atoms with Gasteiger partial charge < -0.3 is 5.32 Å². The number of rotatable bonds is 5. The number of hydrogen-bond acceptors (Lipinski definition) is 4. The van der Waals surface area contributed by atoms with Crippen molar-refractivity contribution in [2.45, 2.75) is 6.54 Å². The summed E-state index contributed by atoms with van der Waals surface area (Å²) in [4.78, 5) is 1.09. The van der Waals surface area contributed by atoms with E-state index in [0.29, 0.717) is 12.2 Å². The molecular weight excluding hydrogens is 306 g/mol. The van der Waals surface area contributed by atoms with Gasteiger partial charge in [0.15, 0.2) is 0 Å². The van der Waals surface area contributed by atoms with E-state index in [1.165, 1.54) is 11.3 Å². The van der Waals surface area contributed by atoms with Gasteiger partial charge in [-0.1, -0.05) is 17.7 Å². The lowest BCUT2D eigenvalue weighted by Gasteiger charge is -2.08. The van der Waals surface area contributed by atoms with Crippen LogP contribution in [-0.4, -0.2) is 8.42 Å². The molecular formula is C11H12ClN3O2S2. The van der Waals surface area contributed by atoms with Gasteiger partial charge in [0, 0.05) is 17.1 Å². The molecule has 1 heterocycles. The van der Waals surface area contributed by atoms with E-state index in [2.05, 4.69) is 10.0 Å². The number of benzene rings is 1. The summed E-state index contributed by atoms with van der Waals surface area (Å²) in [5, 5.41) is 8.09. The minimum absolute atomic E-state index is 0.414. The standard InChI is InChI=1S/C11H12ClN3O2S2/c12-11-5-4-10(18-11)7-14-8-2-1-3-9(6-8)15-19(13,16)17/h1-6,14-15H,7H2,(H2,13,16,17). The third-order valence-corrected chi connectivity index (χ3v) is 3.97. The van der Waals surface area contributed by atoms with Gasteiger partial charge in [0.2, 0.25) is 0 Å². The first kappa shape index (κ1) is 14.1. The summed E-state index contributed by atoms with van der Waals surface area (Å²) in [6.45, 7) is 0.621. The average molecular weight is 318 g/mol. The lowest BCUT2D eigenvalue weighted by atomic mass is 10.3. The molecule has 2 rings (SSSR count). The SMILES string of the molecule is NS(=O)(=O)Nc1cccc(NCc2ccc(Cl)s2)c1. The van der Waals surface area contributed by atoms with E-state index in [9.17, 15) is 8.42 Å². The normalized spacial score (nSPS) is 11.3. The van der Waals surface area contributed by atoms with Gasteiger partial charge in [-0.2, -0.15) is 8.42 Å². The fraction of sp³-hybridized carbons (Fsp3) is 0.0909. The largest absolute Gasteiger partial charge is 0.380 e. The van der Waals surface area contributed by atoms with Crippen molar-refractivity contribution in [1.82, 2.24) is 0 Å². The van der Waals surface area contributed by atoms with Crippen LogP contribution in [0.5, 0.6) is 0 Å². The van der Waals surface area contributed by atoms with E-state index in [-0.39, 0.29) is 0 Å². The van der Waals surface area contributed by atoms with Crippen LogP contribution < -0.4 is 15.2 Å². The van der Waals surface area contributed by atoms with Crippen LogP contribution in [0.3, 0.4) is 0 Å². The second kappa shape index (κ2) is 5.79. The first-order valence-electron chi connectivity index (χ1n) is 5.31. The molecule has 0 unspecified atom stereocenters. The van der Waals surface area contributed by atoms with E-state index >= 15 is 0 Å². The fourth-order valence-electron chi connectivity index (χ4n) is 1.49. The second-order valence-corrected chi connectivity index (χ2v) is 6.88. The highest BCUT2D eigenvalue weighted by Crippen LogP contribution is 2.23. The van der Waals surface area contributed by atoms with Crippen LogP contribution in [0.2, 0.25) is 4.34 Å². The van der Waals surface area contributed by atoms with Gasteiger partial charge in [-0.25, -0.2) is 5.14 Å². The highest BCUT2D eigenvalue weighted by molar-refractivity contribution is 7.90. The summed E-state index contributed by atoms with van der Waals surface area (Å²) >= 11 is 7.33. The first-order valence-corrected chi connectivity index (χ1v) is 8.05.